The third-order valence-electron chi connectivity index (χ3n) is 4.07. The lowest BCUT2D eigenvalue weighted by atomic mass is 10.1. The molecular weight excluding hydrogens is 291 g/mol. The fourth-order valence-electron chi connectivity index (χ4n) is 2.73. The molecule has 0 saturated heterocycles. The van der Waals surface area contributed by atoms with Crippen molar-refractivity contribution in [3.63, 3.8) is 0 Å². The van der Waals surface area contributed by atoms with E-state index in [2.05, 4.69) is 0 Å². The molecular formula is C15H19FN2O2S. The van der Waals surface area contributed by atoms with E-state index < -0.39 is 15.8 Å². The Balaban J connectivity index is 2.30. The lowest BCUT2D eigenvalue weighted by Gasteiger charge is -2.26. The summed E-state index contributed by atoms with van der Waals surface area (Å²) in [5.41, 5.74) is -0.245. The average molecular weight is 310 g/mol. The molecule has 2 rings (SSSR count). The number of halogens is 1. The summed E-state index contributed by atoms with van der Waals surface area (Å²) in [4.78, 5) is -0.0211. The first-order valence-electron chi connectivity index (χ1n) is 7.14. The first-order chi connectivity index (χ1) is 9.96. The Bertz CT molecular complexity index is 644. The van der Waals surface area contributed by atoms with Gasteiger partial charge in [-0.3, -0.25) is 0 Å². The molecule has 0 aromatic heterocycles. The fraction of sp³-hybridized carbons (Fsp3) is 0.533. The molecule has 114 valence electrons. The number of hydrogen-bond acceptors (Lipinski definition) is 3. The molecule has 0 atom stereocenters. The van der Waals surface area contributed by atoms with Crippen LogP contribution in [0.4, 0.5) is 4.39 Å². The highest BCUT2D eigenvalue weighted by atomic mass is 32.2. The summed E-state index contributed by atoms with van der Waals surface area (Å²) in [6.45, 7) is 0. The molecule has 1 aromatic rings. The topological polar surface area (TPSA) is 61.2 Å². The zero-order valence-electron chi connectivity index (χ0n) is 12.0. The van der Waals surface area contributed by atoms with Gasteiger partial charge in [0.25, 0.3) is 0 Å². The van der Waals surface area contributed by atoms with Crippen LogP contribution in [-0.2, 0) is 10.0 Å². The van der Waals surface area contributed by atoms with Crippen LogP contribution in [0.5, 0.6) is 0 Å². The minimum atomic E-state index is -3.69. The minimum Gasteiger partial charge on any atom is -0.207 e. The van der Waals surface area contributed by atoms with E-state index in [1.807, 2.05) is 0 Å². The Labute approximate surface area is 125 Å². The maximum Gasteiger partial charge on any atom is 0.243 e. The molecule has 1 fully saturated rings. The van der Waals surface area contributed by atoms with Crippen LogP contribution < -0.4 is 0 Å². The molecule has 1 saturated carbocycles. The van der Waals surface area contributed by atoms with Crippen LogP contribution >= 0.6 is 0 Å². The maximum absolute atomic E-state index is 13.3. The second-order valence-corrected chi connectivity index (χ2v) is 7.42. The number of sulfonamides is 1. The largest absolute Gasteiger partial charge is 0.243 e. The van der Waals surface area contributed by atoms with Gasteiger partial charge in [0.15, 0.2) is 0 Å². The Hall–Kier alpha value is -1.45. The molecule has 4 nitrogen and oxygen atoms in total. The molecule has 0 N–H and O–H groups in total. The molecule has 1 aliphatic carbocycles. The van der Waals surface area contributed by atoms with Crippen LogP contribution in [-0.4, -0.2) is 25.8 Å². The van der Waals surface area contributed by atoms with Crippen LogP contribution in [0.3, 0.4) is 0 Å². The highest BCUT2D eigenvalue weighted by Gasteiger charge is 2.28. The van der Waals surface area contributed by atoms with E-state index in [1.54, 1.807) is 13.1 Å². The Morgan fingerprint density at radius 3 is 2.43 bits per heavy atom. The molecule has 0 bridgehead atoms. The number of rotatable bonds is 3. The van der Waals surface area contributed by atoms with Crippen molar-refractivity contribution in [2.75, 3.05) is 7.05 Å². The smallest absolute Gasteiger partial charge is 0.207 e. The summed E-state index contributed by atoms with van der Waals surface area (Å²) in [6.07, 6.45) is 6.03. The van der Waals surface area contributed by atoms with Crippen molar-refractivity contribution >= 4 is 10.0 Å². The van der Waals surface area contributed by atoms with Crippen molar-refractivity contribution in [1.29, 1.82) is 5.26 Å². The summed E-state index contributed by atoms with van der Waals surface area (Å²) in [5.74, 6) is -0.700. The molecule has 21 heavy (non-hydrogen) atoms. The zero-order chi connectivity index (χ0) is 15.5. The molecule has 6 heteroatoms. The van der Waals surface area contributed by atoms with E-state index >= 15 is 0 Å². The lowest BCUT2D eigenvalue weighted by Crippen LogP contribution is -2.36. The van der Waals surface area contributed by atoms with E-state index in [4.69, 9.17) is 5.26 Å². The predicted molar refractivity (Wildman–Crippen MR) is 77.6 cm³/mol. The zero-order valence-corrected chi connectivity index (χ0v) is 12.9. The molecule has 0 unspecified atom stereocenters. The SMILES string of the molecule is CN(C1CCCCCC1)S(=O)(=O)c1ccc(F)c(C#N)c1. The average Bonchev–Trinajstić information content (AvgIpc) is 2.75. The molecule has 0 amide bonds. The standard InChI is InChI=1S/C15H19FN2O2S/c1-18(13-6-4-2-3-5-7-13)21(19,20)14-8-9-15(16)12(10-14)11-17/h8-10,13H,2-7H2,1H3. The number of nitrogens with zero attached hydrogens (tertiary/aromatic N) is 2. The highest BCUT2D eigenvalue weighted by molar-refractivity contribution is 7.89. The van der Waals surface area contributed by atoms with E-state index in [1.165, 1.54) is 10.4 Å². The number of hydrogen-bond donors (Lipinski definition) is 0. The summed E-state index contributed by atoms with van der Waals surface area (Å²) >= 11 is 0. The van der Waals surface area contributed by atoms with Gasteiger partial charge in [-0.25, -0.2) is 12.8 Å². The predicted octanol–water partition coefficient (Wildman–Crippen LogP) is 3.04. The first-order valence-corrected chi connectivity index (χ1v) is 8.58. The highest BCUT2D eigenvalue weighted by Crippen LogP contribution is 2.26. The van der Waals surface area contributed by atoms with E-state index in [0.717, 1.165) is 50.7 Å². The van der Waals surface area contributed by atoms with Crippen LogP contribution in [0.2, 0.25) is 0 Å². The first kappa shape index (κ1) is 15.9. The van der Waals surface area contributed by atoms with Crippen molar-refractivity contribution in [2.45, 2.75) is 49.5 Å². The van der Waals surface area contributed by atoms with Gasteiger partial charge in [0.2, 0.25) is 10.0 Å². The van der Waals surface area contributed by atoms with Gasteiger partial charge in [-0.1, -0.05) is 25.7 Å². The quantitative estimate of drug-likeness (QED) is 0.806. The molecule has 0 radical (unpaired) electrons. The van der Waals surface area contributed by atoms with Gasteiger partial charge in [0, 0.05) is 13.1 Å². The lowest BCUT2D eigenvalue weighted by molar-refractivity contribution is 0.335. The molecule has 0 aliphatic heterocycles. The van der Waals surface area contributed by atoms with E-state index in [-0.39, 0.29) is 16.5 Å². The van der Waals surface area contributed by atoms with Crippen LogP contribution in [0.1, 0.15) is 44.1 Å². The Kier molecular flexibility index (Phi) is 4.96. The van der Waals surface area contributed by atoms with Gasteiger partial charge in [-0.2, -0.15) is 9.57 Å². The van der Waals surface area contributed by atoms with Gasteiger partial charge in [-0.15, -0.1) is 0 Å². The van der Waals surface area contributed by atoms with Gasteiger partial charge >= 0.3 is 0 Å². The molecule has 1 aromatic carbocycles. The van der Waals surface area contributed by atoms with Crippen LogP contribution in [0.25, 0.3) is 0 Å². The third-order valence-corrected chi connectivity index (χ3v) is 5.98. The number of benzene rings is 1. The monoisotopic (exact) mass is 310 g/mol. The van der Waals surface area contributed by atoms with Crippen molar-refractivity contribution in [1.82, 2.24) is 4.31 Å². The summed E-state index contributed by atoms with van der Waals surface area (Å²) in [7, 11) is -2.12. The fourth-order valence-corrected chi connectivity index (χ4v) is 4.18. The Morgan fingerprint density at radius 2 is 1.86 bits per heavy atom. The van der Waals surface area contributed by atoms with Crippen molar-refractivity contribution < 1.29 is 12.8 Å². The van der Waals surface area contributed by atoms with Gasteiger partial charge in [0.05, 0.1) is 10.5 Å². The van der Waals surface area contributed by atoms with Gasteiger partial charge < -0.3 is 0 Å². The van der Waals surface area contributed by atoms with Crippen molar-refractivity contribution in [3.8, 4) is 6.07 Å². The number of nitriles is 1. The van der Waals surface area contributed by atoms with Gasteiger partial charge in [0.1, 0.15) is 11.9 Å². The van der Waals surface area contributed by atoms with Gasteiger partial charge in [-0.05, 0) is 31.0 Å². The van der Waals surface area contributed by atoms with Crippen LogP contribution in [0.15, 0.2) is 23.1 Å². The third kappa shape index (κ3) is 3.42. The maximum atomic E-state index is 13.3. The Morgan fingerprint density at radius 1 is 1.24 bits per heavy atom. The van der Waals surface area contributed by atoms with Crippen molar-refractivity contribution in [2.24, 2.45) is 0 Å². The molecule has 0 heterocycles. The van der Waals surface area contributed by atoms with E-state index in [0.29, 0.717) is 0 Å². The molecule has 1 aliphatic rings. The second-order valence-electron chi connectivity index (χ2n) is 5.42. The van der Waals surface area contributed by atoms with Crippen molar-refractivity contribution in [3.05, 3.63) is 29.6 Å². The summed E-state index contributed by atoms with van der Waals surface area (Å²) < 4.78 is 40.0. The van der Waals surface area contributed by atoms with Crippen LogP contribution in [0, 0.1) is 17.1 Å². The normalized spacial score (nSPS) is 17.4. The summed E-state index contributed by atoms with van der Waals surface area (Å²) in [5, 5.41) is 8.83. The molecule has 0 spiro atoms. The van der Waals surface area contributed by atoms with E-state index in [9.17, 15) is 12.8 Å². The summed E-state index contributed by atoms with van der Waals surface area (Å²) in [6, 6.07) is 5.02. The second kappa shape index (κ2) is 6.54. The minimum absolute atomic E-state index is 0.0203.